The molecule has 5 rings (SSSR count). The van der Waals surface area contributed by atoms with Crippen LogP contribution in [0.5, 0.6) is 0 Å². The van der Waals surface area contributed by atoms with E-state index in [-0.39, 0.29) is 17.3 Å². The van der Waals surface area contributed by atoms with Crippen LogP contribution >= 0.6 is 11.8 Å². The topological polar surface area (TPSA) is 130 Å². The van der Waals surface area contributed by atoms with Crippen LogP contribution in [0.15, 0.2) is 138 Å². The Labute approximate surface area is 282 Å². The highest BCUT2D eigenvalue weighted by Gasteiger charge is 2.24. The molecule has 0 aliphatic rings. The summed E-state index contributed by atoms with van der Waals surface area (Å²) in [5.74, 6) is -1.26. The molecule has 0 aliphatic carbocycles. The molecule has 0 spiro atoms. The summed E-state index contributed by atoms with van der Waals surface area (Å²) in [6, 6.07) is 36.8. The summed E-state index contributed by atoms with van der Waals surface area (Å²) in [7, 11) is 0. The second kappa shape index (κ2) is 15.5. The van der Waals surface area contributed by atoms with E-state index in [0.29, 0.717) is 27.4 Å². The number of aryl methyl sites for hydroxylation is 2. The highest BCUT2D eigenvalue weighted by molar-refractivity contribution is 8.00. The molecule has 1 atom stereocenters. The van der Waals surface area contributed by atoms with Gasteiger partial charge in [0.1, 0.15) is 10.9 Å². The normalized spacial score (nSPS) is 11.7. The molecule has 9 nitrogen and oxygen atoms in total. The molecule has 0 heterocycles. The molecule has 3 amide bonds. The largest absolute Gasteiger partial charge is 0.325 e. The molecule has 10 heteroatoms. The number of rotatable bonds is 11. The third kappa shape index (κ3) is 8.83. The van der Waals surface area contributed by atoms with E-state index in [2.05, 4.69) is 16.0 Å². The van der Waals surface area contributed by atoms with Crippen LogP contribution in [0.25, 0.3) is 6.08 Å². The van der Waals surface area contributed by atoms with E-state index < -0.39 is 22.0 Å². The number of thioether (sulfide) groups is 1. The van der Waals surface area contributed by atoms with E-state index in [9.17, 15) is 24.5 Å². The molecule has 0 saturated carbocycles. The lowest BCUT2D eigenvalue weighted by atomic mass is 10.1. The minimum atomic E-state index is -0.686. The Balaban J connectivity index is 1.38. The Kier molecular flexibility index (Phi) is 10.8. The van der Waals surface area contributed by atoms with Gasteiger partial charge >= 0.3 is 0 Å². The van der Waals surface area contributed by atoms with Crippen molar-refractivity contribution in [2.24, 2.45) is 0 Å². The number of carbonyl (C=O) groups excluding carboxylic acids is 3. The average Bonchev–Trinajstić information content (AvgIpc) is 3.08. The lowest BCUT2D eigenvalue weighted by molar-refractivity contribution is -0.384. The van der Waals surface area contributed by atoms with Gasteiger partial charge in [-0.1, -0.05) is 84.4 Å². The van der Waals surface area contributed by atoms with Crippen LogP contribution in [0.1, 0.15) is 37.9 Å². The molecule has 0 bridgehead atoms. The number of nitro groups is 1. The van der Waals surface area contributed by atoms with Gasteiger partial charge in [-0.15, -0.1) is 11.8 Å². The summed E-state index contributed by atoms with van der Waals surface area (Å²) < 4.78 is 0. The van der Waals surface area contributed by atoms with Crippen LogP contribution in [0, 0.1) is 24.0 Å². The summed E-state index contributed by atoms with van der Waals surface area (Å²) in [5, 5.41) is 19.1. The fourth-order valence-corrected chi connectivity index (χ4v) is 5.93. The van der Waals surface area contributed by atoms with Crippen molar-refractivity contribution in [2.45, 2.75) is 24.0 Å². The number of hydrogen-bond acceptors (Lipinski definition) is 6. The van der Waals surface area contributed by atoms with Gasteiger partial charge in [0.15, 0.2) is 0 Å². The van der Waals surface area contributed by atoms with Gasteiger partial charge in [-0.25, -0.2) is 0 Å². The minimum absolute atomic E-state index is 0.0603. The number of nitro benzene ring substituents is 1. The van der Waals surface area contributed by atoms with Crippen molar-refractivity contribution >= 4 is 52.6 Å². The molecule has 240 valence electrons. The summed E-state index contributed by atoms with van der Waals surface area (Å²) in [4.78, 5) is 51.7. The number of amides is 3. The smallest absolute Gasteiger partial charge is 0.272 e. The number of nitrogens with zero attached hydrogens (tertiary/aromatic N) is 1. The van der Waals surface area contributed by atoms with Gasteiger partial charge in [-0.05, 0) is 73.0 Å². The summed E-state index contributed by atoms with van der Waals surface area (Å²) in [6.07, 6.45) is 1.62. The van der Waals surface area contributed by atoms with E-state index in [1.54, 1.807) is 61.5 Å². The molecule has 5 aromatic carbocycles. The van der Waals surface area contributed by atoms with Crippen LogP contribution in [-0.4, -0.2) is 22.6 Å². The molecule has 3 N–H and O–H groups in total. The maximum absolute atomic E-state index is 13.7. The van der Waals surface area contributed by atoms with Gasteiger partial charge in [0.25, 0.3) is 17.5 Å². The highest BCUT2D eigenvalue weighted by atomic mass is 32.2. The SMILES string of the molecule is Cc1cccc(/C=C(/NC(=O)c2ccccc2)C(=O)Nc2cccc(SC(C(=O)Nc3ccc([N+](=O)[O-])cc3C)c3ccccc3)c2)c1. The predicted octanol–water partition coefficient (Wildman–Crippen LogP) is 8.09. The molecule has 0 aromatic heterocycles. The van der Waals surface area contributed by atoms with Crippen molar-refractivity contribution < 1.29 is 19.3 Å². The van der Waals surface area contributed by atoms with Crippen LogP contribution in [-0.2, 0) is 9.59 Å². The standard InChI is InChI=1S/C38H32N4O5S/c1-25-11-9-12-27(21-25)23-34(41-36(43)29-15-7-4-8-16-29)37(44)39-30-17-10-18-32(24-30)48-35(28-13-5-3-6-14-28)38(45)40-33-20-19-31(42(46)47)22-26(33)2/h3-24,35H,1-2H3,(H,39,44)(H,40,45)(H,41,43)/b34-23+. The Hall–Kier alpha value is -6.00. The van der Waals surface area contributed by atoms with Gasteiger partial charge in [0, 0.05) is 34.0 Å². The minimum Gasteiger partial charge on any atom is -0.325 e. The predicted molar refractivity (Wildman–Crippen MR) is 190 cm³/mol. The average molecular weight is 657 g/mol. The van der Waals surface area contributed by atoms with Crippen LogP contribution in [0.3, 0.4) is 0 Å². The first kappa shape index (κ1) is 33.4. The third-order valence-corrected chi connectivity index (χ3v) is 8.49. The van der Waals surface area contributed by atoms with E-state index in [0.717, 1.165) is 16.7 Å². The second-order valence-corrected chi connectivity index (χ2v) is 12.1. The van der Waals surface area contributed by atoms with Crippen molar-refractivity contribution in [1.82, 2.24) is 5.32 Å². The fourth-order valence-electron chi connectivity index (χ4n) is 4.85. The summed E-state index contributed by atoms with van der Waals surface area (Å²) in [6.45, 7) is 3.64. The van der Waals surface area contributed by atoms with Crippen LogP contribution in [0.2, 0.25) is 0 Å². The Morgan fingerprint density at radius 2 is 1.48 bits per heavy atom. The summed E-state index contributed by atoms with van der Waals surface area (Å²) in [5.41, 5.74) is 4.41. The zero-order valence-electron chi connectivity index (χ0n) is 26.2. The molecule has 5 aromatic rings. The molecule has 48 heavy (non-hydrogen) atoms. The molecule has 0 saturated heterocycles. The van der Waals surface area contributed by atoms with Crippen molar-refractivity contribution in [3.8, 4) is 0 Å². The Morgan fingerprint density at radius 3 is 2.17 bits per heavy atom. The number of nitrogens with one attached hydrogen (secondary N) is 3. The number of anilines is 2. The lowest BCUT2D eigenvalue weighted by Crippen LogP contribution is -2.30. The summed E-state index contributed by atoms with van der Waals surface area (Å²) >= 11 is 1.29. The first-order valence-electron chi connectivity index (χ1n) is 15.0. The molecular formula is C38H32N4O5S. The Bertz CT molecular complexity index is 2000. The van der Waals surface area contributed by atoms with Gasteiger partial charge < -0.3 is 16.0 Å². The van der Waals surface area contributed by atoms with E-state index >= 15 is 0 Å². The quantitative estimate of drug-likeness (QED) is 0.0570. The maximum atomic E-state index is 13.7. The lowest BCUT2D eigenvalue weighted by Gasteiger charge is -2.18. The second-order valence-electron chi connectivity index (χ2n) is 10.9. The van der Waals surface area contributed by atoms with Crippen LogP contribution in [0.4, 0.5) is 17.1 Å². The number of carbonyl (C=O) groups is 3. The molecule has 0 fully saturated rings. The number of non-ortho nitro benzene ring substituents is 1. The van der Waals surface area contributed by atoms with E-state index in [1.807, 2.05) is 67.6 Å². The third-order valence-electron chi connectivity index (χ3n) is 7.25. The number of benzene rings is 5. The van der Waals surface area contributed by atoms with Crippen molar-refractivity contribution in [2.75, 3.05) is 10.6 Å². The molecule has 0 aliphatic heterocycles. The van der Waals surface area contributed by atoms with Crippen molar-refractivity contribution in [1.29, 1.82) is 0 Å². The van der Waals surface area contributed by atoms with Gasteiger partial charge in [-0.3, -0.25) is 24.5 Å². The monoisotopic (exact) mass is 656 g/mol. The first-order valence-corrected chi connectivity index (χ1v) is 15.9. The van der Waals surface area contributed by atoms with E-state index in [4.69, 9.17) is 0 Å². The highest BCUT2D eigenvalue weighted by Crippen LogP contribution is 2.37. The molecular weight excluding hydrogens is 625 g/mol. The van der Waals surface area contributed by atoms with Crippen LogP contribution < -0.4 is 16.0 Å². The van der Waals surface area contributed by atoms with Gasteiger partial charge in [0.2, 0.25) is 5.91 Å². The maximum Gasteiger partial charge on any atom is 0.272 e. The number of hydrogen-bond donors (Lipinski definition) is 3. The van der Waals surface area contributed by atoms with Gasteiger partial charge in [0.05, 0.1) is 4.92 Å². The molecule has 0 radical (unpaired) electrons. The van der Waals surface area contributed by atoms with Crippen molar-refractivity contribution in [3.63, 3.8) is 0 Å². The zero-order valence-corrected chi connectivity index (χ0v) is 27.0. The van der Waals surface area contributed by atoms with E-state index in [1.165, 1.54) is 30.0 Å². The Morgan fingerprint density at radius 1 is 0.771 bits per heavy atom. The molecule has 1 unspecified atom stereocenters. The first-order chi connectivity index (χ1) is 23.2. The van der Waals surface area contributed by atoms with Crippen molar-refractivity contribution in [3.05, 3.63) is 171 Å². The van der Waals surface area contributed by atoms with Gasteiger partial charge in [-0.2, -0.15) is 0 Å². The fraction of sp³-hybridized carbons (Fsp3) is 0.0789. The zero-order chi connectivity index (χ0) is 34.0.